The van der Waals surface area contributed by atoms with E-state index in [4.69, 9.17) is 4.74 Å². The molecule has 0 saturated heterocycles. The third kappa shape index (κ3) is 20.7. The Balaban J connectivity index is 0. The Morgan fingerprint density at radius 2 is 1.20 bits per heavy atom. The second kappa shape index (κ2) is 19.4. The van der Waals surface area contributed by atoms with Crippen LogP contribution in [0.2, 0.25) is 0 Å². The maximum absolute atomic E-state index is 10.1. The van der Waals surface area contributed by atoms with Gasteiger partial charge in [-0.05, 0) is 6.42 Å². The summed E-state index contributed by atoms with van der Waals surface area (Å²) in [5, 5.41) is 10.1. The van der Waals surface area contributed by atoms with Gasteiger partial charge in [-0.1, -0.05) is 77.6 Å². The number of carbonyl (C=O) groups excluding carboxylic acids is 1. The first-order valence-electron chi connectivity index (χ1n) is 8.05. The molecule has 0 heterocycles. The number of carboxylic acids is 1. The summed E-state index contributed by atoms with van der Waals surface area (Å²) in [6.45, 7) is 2.53. The van der Waals surface area contributed by atoms with Gasteiger partial charge in [0, 0.05) is 6.61 Å². The zero-order valence-corrected chi connectivity index (χ0v) is 15.6. The molecule has 4 heteroatoms. The van der Waals surface area contributed by atoms with E-state index in [2.05, 4.69) is 6.92 Å². The van der Waals surface area contributed by atoms with E-state index in [1.807, 2.05) is 0 Å². The molecule has 0 aromatic heterocycles. The fraction of sp³-hybridized carbons (Fsp3) is 0.938. The second-order valence-electron chi connectivity index (χ2n) is 5.31. The molecule has 3 nitrogen and oxygen atoms in total. The fourth-order valence-corrected chi connectivity index (χ4v) is 2.20. The predicted octanol–water partition coefficient (Wildman–Crippen LogP) is 0.458. The molecule has 0 amide bonds. The molecule has 0 atom stereocenters. The van der Waals surface area contributed by atoms with Gasteiger partial charge in [0.1, 0.15) is 0 Å². The van der Waals surface area contributed by atoms with Crippen molar-refractivity contribution < 1.29 is 44.2 Å². The molecule has 0 aromatic carbocycles. The van der Waals surface area contributed by atoms with Gasteiger partial charge in [0.15, 0.2) is 0 Å². The Morgan fingerprint density at radius 1 is 0.800 bits per heavy atom. The number of ether oxygens (including phenoxy) is 1. The summed E-state index contributed by atoms with van der Waals surface area (Å²) in [6, 6.07) is 0. The van der Waals surface area contributed by atoms with Crippen LogP contribution in [0.25, 0.3) is 0 Å². The zero-order valence-electron chi connectivity index (χ0n) is 13.6. The fourth-order valence-electron chi connectivity index (χ4n) is 2.20. The number of rotatable bonds is 15. The van der Waals surface area contributed by atoms with Crippen molar-refractivity contribution in [1.82, 2.24) is 0 Å². The van der Waals surface area contributed by atoms with E-state index in [0.717, 1.165) is 12.8 Å². The molecule has 0 spiro atoms. The van der Waals surface area contributed by atoms with E-state index < -0.39 is 5.97 Å². The van der Waals surface area contributed by atoms with Crippen molar-refractivity contribution in [2.45, 2.75) is 84.0 Å². The van der Waals surface area contributed by atoms with Crippen LogP contribution in [0, 0.1) is 0 Å². The Kier molecular flexibility index (Phi) is 22.1. The van der Waals surface area contributed by atoms with Crippen LogP contribution in [0.3, 0.4) is 0 Å². The summed E-state index contributed by atoms with van der Waals surface area (Å²) >= 11 is 0. The molecule has 0 radical (unpaired) electrons. The van der Waals surface area contributed by atoms with Crippen LogP contribution in [0.5, 0.6) is 0 Å². The average molecular weight is 294 g/mol. The number of aliphatic carboxylic acids is 1. The maximum atomic E-state index is 10.1. The van der Waals surface area contributed by atoms with Crippen LogP contribution in [0.4, 0.5) is 0 Å². The van der Waals surface area contributed by atoms with Crippen LogP contribution in [-0.2, 0) is 9.53 Å². The molecule has 0 fully saturated rings. The van der Waals surface area contributed by atoms with E-state index in [1.165, 1.54) is 64.2 Å². The van der Waals surface area contributed by atoms with E-state index >= 15 is 0 Å². The number of carboxylic acid groups (broad SMARTS) is 1. The largest absolute Gasteiger partial charge is 1.00 e. The number of hydrogen-bond acceptors (Lipinski definition) is 3. The summed E-state index contributed by atoms with van der Waals surface area (Å²) in [6.07, 6.45) is 15.7. The predicted molar refractivity (Wildman–Crippen MR) is 76.9 cm³/mol. The first-order chi connectivity index (χ1) is 9.27. The van der Waals surface area contributed by atoms with E-state index in [0.29, 0.717) is 6.61 Å². The Labute approximate surface area is 147 Å². The molecular weight excluding hydrogens is 263 g/mol. The first kappa shape index (κ1) is 22.7. The van der Waals surface area contributed by atoms with Gasteiger partial charge in [-0.25, -0.2) is 0 Å². The van der Waals surface area contributed by atoms with Crippen molar-refractivity contribution in [1.29, 1.82) is 0 Å². The standard InChI is InChI=1S/C16H32O3.Na/c1-2-3-4-5-6-7-8-9-10-11-12-13-14-19-15-16(17)18;/h2-15H2,1H3,(H,17,18);/q;+1/p-1. The van der Waals surface area contributed by atoms with Crippen LogP contribution in [-0.4, -0.2) is 19.2 Å². The van der Waals surface area contributed by atoms with Gasteiger partial charge < -0.3 is 14.6 Å². The summed E-state index contributed by atoms with van der Waals surface area (Å²) in [5.74, 6) is -1.13. The van der Waals surface area contributed by atoms with Gasteiger partial charge in [-0.15, -0.1) is 0 Å². The zero-order chi connectivity index (χ0) is 14.2. The third-order valence-corrected chi connectivity index (χ3v) is 3.36. The SMILES string of the molecule is CCCCCCCCCCCCCCOCC(=O)[O-].[Na+]. The minimum Gasteiger partial charge on any atom is -0.548 e. The van der Waals surface area contributed by atoms with Crippen molar-refractivity contribution in [2.75, 3.05) is 13.2 Å². The molecular formula is C16H31NaO3. The van der Waals surface area contributed by atoms with Gasteiger partial charge in [-0.3, -0.25) is 0 Å². The molecule has 0 bridgehead atoms. The molecule has 0 aromatic rings. The van der Waals surface area contributed by atoms with Crippen molar-refractivity contribution in [2.24, 2.45) is 0 Å². The van der Waals surface area contributed by atoms with Crippen LogP contribution >= 0.6 is 0 Å². The smallest absolute Gasteiger partial charge is 0.548 e. The van der Waals surface area contributed by atoms with Gasteiger partial charge in [0.25, 0.3) is 0 Å². The number of unbranched alkanes of at least 4 members (excludes halogenated alkanes) is 11. The van der Waals surface area contributed by atoms with Crippen molar-refractivity contribution in [3.63, 3.8) is 0 Å². The monoisotopic (exact) mass is 294 g/mol. The molecule has 114 valence electrons. The molecule has 20 heavy (non-hydrogen) atoms. The minimum atomic E-state index is -1.13. The van der Waals surface area contributed by atoms with E-state index in [9.17, 15) is 9.90 Å². The minimum absolute atomic E-state index is 0. The number of hydrogen-bond donors (Lipinski definition) is 0. The van der Waals surface area contributed by atoms with Crippen LogP contribution in [0.1, 0.15) is 84.0 Å². The van der Waals surface area contributed by atoms with Gasteiger partial charge in [-0.2, -0.15) is 0 Å². The maximum Gasteiger partial charge on any atom is 1.00 e. The first-order valence-corrected chi connectivity index (χ1v) is 8.05. The van der Waals surface area contributed by atoms with Gasteiger partial charge in [0.05, 0.1) is 12.6 Å². The number of carbonyl (C=O) groups is 1. The third-order valence-electron chi connectivity index (χ3n) is 3.36. The Hall–Kier alpha value is 0.430. The summed E-state index contributed by atoms with van der Waals surface area (Å²) in [7, 11) is 0. The molecule has 0 saturated carbocycles. The summed E-state index contributed by atoms with van der Waals surface area (Å²) in [4.78, 5) is 10.1. The topological polar surface area (TPSA) is 49.4 Å². The Morgan fingerprint density at radius 3 is 1.60 bits per heavy atom. The van der Waals surface area contributed by atoms with Crippen LogP contribution < -0.4 is 34.7 Å². The normalized spacial score (nSPS) is 10.2. The summed E-state index contributed by atoms with van der Waals surface area (Å²) < 4.78 is 4.92. The quantitative estimate of drug-likeness (QED) is 0.326. The van der Waals surface area contributed by atoms with Crippen molar-refractivity contribution in [3.8, 4) is 0 Å². The van der Waals surface area contributed by atoms with Crippen LogP contribution in [0.15, 0.2) is 0 Å². The molecule has 0 N–H and O–H groups in total. The molecule has 0 aliphatic rings. The second-order valence-corrected chi connectivity index (χ2v) is 5.31. The molecule has 0 rings (SSSR count). The molecule has 0 aliphatic carbocycles. The van der Waals surface area contributed by atoms with Crippen molar-refractivity contribution in [3.05, 3.63) is 0 Å². The van der Waals surface area contributed by atoms with E-state index in [1.54, 1.807) is 0 Å². The summed E-state index contributed by atoms with van der Waals surface area (Å²) in [5.41, 5.74) is 0. The molecule has 0 aliphatic heterocycles. The van der Waals surface area contributed by atoms with Crippen molar-refractivity contribution >= 4 is 5.97 Å². The molecule has 0 unspecified atom stereocenters. The van der Waals surface area contributed by atoms with Gasteiger partial charge in [0.2, 0.25) is 0 Å². The average Bonchev–Trinajstić information content (AvgIpc) is 2.39. The van der Waals surface area contributed by atoms with Gasteiger partial charge >= 0.3 is 29.6 Å². The Bertz CT molecular complexity index is 198. The van der Waals surface area contributed by atoms with E-state index in [-0.39, 0.29) is 36.2 Å².